The molecule has 7 nitrogen and oxygen atoms in total. The summed E-state index contributed by atoms with van der Waals surface area (Å²) in [7, 11) is -2.34. The van der Waals surface area contributed by atoms with E-state index in [4.69, 9.17) is 16.3 Å². The molecule has 3 aromatic rings. The summed E-state index contributed by atoms with van der Waals surface area (Å²) >= 11 is 5.81. The predicted molar refractivity (Wildman–Crippen MR) is 117 cm³/mol. The van der Waals surface area contributed by atoms with E-state index in [1.165, 1.54) is 42.6 Å². The van der Waals surface area contributed by atoms with Crippen LogP contribution in [0.2, 0.25) is 5.02 Å². The summed E-state index contributed by atoms with van der Waals surface area (Å²) in [6.45, 7) is 0. The van der Waals surface area contributed by atoms with Crippen LogP contribution in [0.25, 0.3) is 0 Å². The number of carbonyl (C=O) groups excluding carboxylic acids is 1. The largest absolute Gasteiger partial charge is 0.497 e. The van der Waals surface area contributed by atoms with E-state index in [-0.39, 0.29) is 16.1 Å². The lowest BCUT2D eigenvalue weighted by Gasteiger charge is -2.11. The van der Waals surface area contributed by atoms with Crippen LogP contribution in [-0.2, 0) is 10.0 Å². The van der Waals surface area contributed by atoms with Crippen LogP contribution in [0.15, 0.2) is 82.8 Å². The Kier molecular flexibility index (Phi) is 6.71. The molecular weight excluding hydrogens is 426 g/mol. The molecule has 9 heteroatoms. The minimum Gasteiger partial charge on any atom is -0.497 e. The zero-order chi connectivity index (χ0) is 21.6. The number of methoxy groups -OCH3 is 1. The molecule has 30 heavy (non-hydrogen) atoms. The van der Waals surface area contributed by atoms with E-state index < -0.39 is 15.9 Å². The second kappa shape index (κ2) is 9.43. The average Bonchev–Trinajstić information content (AvgIpc) is 2.74. The molecule has 0 aliphatic carbocycles. The van der Waals surface area contributed by atoms with Gasteiger partial charge in [-0.15, -0.1) is 0 Å². The first kappa shape index (κ1) is 21.4. The predicted octanol–water partition coefficient (Wildman–Crippen LogP) is 3.91. The Morgan fingerprint density at radius 3 is 2.50 bits per heavy atom. The van der Waals surface area contributed by atoms with E-state index >= 15 is 0 Å². The van der Waals surface area contributed by atoms with Gasteiger partial charge in [0.05, 0.1) is 29.5 Å². The number of halogens is 1. The van der Waals surface area contributed by atoms with Gasteiger partial charge in [0.2, 0.25) is 0 Å². The van der Waals surface area contributed by atoms with Gasteiger partial charge in [-0.25, -0.2) is 13.8 Å². The lowest BCUT2D eigenvalue weighted by Crippen LogP contribution is -2.21. The number of benzene rings is 3. The highest BCUT2D eigenvalue weighted by Crippen LogP contribution is 2.21. The van der Waals surface area contributed by atoms with Crippen molar-refractivity contribution in [1.29, 1.82) is 0 Å². The lowest BCUT2D eigenvalue weighted by molar-refractivity contribution is 0.0956. The molecule has 0 unspecified atom stereocenters. The Morgan fingerprint density at radius 2 is 1.77 bits per heavy atom. The Hall–Kier alpha value is -3.36. The molecular formula is C21H18ClN3O4S. The number of hydrazone groups is 1. The molecule has 0 heterocycles. The topological polar surface area (TPSA) is 96.9 Å². The van der Waals surface area contributed by atoms with Gasteiger partial charge in [0.15, 0.2) is 0 Å². The van der Waals surface area contributed by atoms with Crippen LogP contribution in [0.4, 0.5) is 5.69 Å². The van der Waals surface area contributed by atoms with E-state index in [9.17, 15) is 13.2 Å². The fourth-order valence-corrected chi connectivity index (χ4v) is 3.74. The van der Waals surface area contributed by atoms with Crippen molar-refractivity contribution in [2.45, 2.75) is 4.90 Å². The number of nitrogens with zero attached hydrogens (tertiary/aromatic N) is 1. The first-order valence-electron chi connectivity index (χ1n) is 8.74. The molecule has 0 aliphatic heterocycles. The highest BCUT2D eigenvalue weighted by atomic mass is 35.5. The molecule has 0 fully saturated rings. The zero-order valence-electron chi connectivity index (χ0n) is 15.9. The summed E-state index contributed by atoms with van der Waals surface area (Å²) in [6, 6.07) is 19.1. The molecule has 3 aromatic carbocycles. The van der Waals surface area contributed by atoms with Crippen molar-refractivity contribution in [3.05, 3.63) is 88.9 Å². The summed E-state index contributed by atoms with van der Waals surface area (Å²) < 4.78 is 32.8. The highest BCUT2D eigenvalue weighted by Gasteiger charge is 2.18. The van der Waals surface area contributed by atoms with Crippen LogP contribution in [-0.4, -0.2) is 27.6 Å². The van der Waals surface area contributed by atoms with Gasteiger partial charge in [0.25, 0.3) is 15.9 Å². The minimum absolute atomic E-state index is 0.0261. The number of rotatable bonds is 7. The highest BCUT2D eigenvalue weighted by molar-refractivity contribution is 7.92. The molecule has 2 N–H and O–H groups in total. The molecule has 0 aromatic heterocycles. The number of anilines is 1. The van der Waals surface area contributed by atoms with Gasteiger partial charge in [-0.2, -0.15) is 5.10 Å². The first-order valence-corrected chi connectivity index (χ1v) is 10.6. The third-order valence-corrected chi connectivity index (χ3v) is 5.65. The monoisotopic (exact) mass is 443 g/mol. The van der Waals surface area contributed by atoms with Crippen molar-refractivity contribution in [2.75, 3.05) is 11.8 Å². The summed E-state index contributed by atoms with van der Waals surface area (Å²) in [5, 5.41) is 4.35. The maximum absolute atomic E-state index is 12.6. The lowest BCUT2D eigenvalue weighted by atomic mass is 10.2. The van der Waals surface area contributed by atoms with Crippen LogP contribution in [0, 0.1) is 0 Å². The van der Waals surface area contributed by atoms with E-state index in [2.05, 4.69) is 15.2 Å². The molecule has 0 spiro atoms. The van der Waals surface area contributed by atoms with Crippen molar-refractivity contribution in [3.63, 3.8) is 0 Å². The fraction of sp³-hybridized carbons (Fsp3) is 0.0476. The number of amides is 1. The smallest absolute Gasteiger partial charge is 0.273 e. The van der Waals surface area contributed by atoms with E-state index in [1.807, 2.05) is 0 Å². The average molecular weight is 444 g/mol. The van der Waals surface area contributed by atoms with Gasteiger partial charge in [-0.05, 0) is 54.1 Å². The van der Waals surface area contributed by atoms with Gasteiger partial charge < -0.3 is 4.74 Å². The Balaban J connectivity index is 1.76. The molecule has 0 aliphatic rings. The maximum atomic E-state index is 12.6. The second-order valence-electron chi connectivity index (χ2n) is 6.08. The number of carbonyl (C=O) groups is 1. The first-order chi connectivity index (χ1) is 14.4. The van der Waals surface area contributed by atoms with Crippen molar-refractivity contribution >= 4 is 39.4 Å². The Morgan fingerprint density at radius 1 is 1.03 bits per heavy atom. The summed E-state index contributed by atoms with van der Waals surface area (Å²) in [6.07, 6.45) is 1.46. The number of para-hydroxylation sites is 1. The van der Waals surface area contributed by atoms with E-state index in [0.717, 1.165) is 5.56 Å². The summed E-state index contributed by atoms with van der Waals surface area (Å²) in [5.41, 5.74) is 3.37. The number of nitrogens with one attached hydrogen (secondary N) is 2. The van der Waals surface area contributed by atoms with E-state index in [1.54, 1.807) is 43.5 Å². The van der Waals surface area contributed by atoms with Crippen molar-refractivity contribution in [3.8, 4) is 5.75 Å². The third kappa shape index (κ3) is 5.37. The summed E-state index contributed by atoms with van der Waals surface area (Å²) in [4.78, 5) is 12.6. The maximum Gasteiger partial charge on any atom is 0.273 e. The van der Waals surface area contributed by atoms with Crippen LogP contribution in [0.1, 0.15) is 15.9 Å². The minimum atomic E-state index is -3.90. The molecule has 154 valence electrons. The number of sulfonamides is 1. The van der Waals surface area contributed by atoms with Crippen LogP contribution in [0.3, 0.4) is 0 Å². The van der Waals surface area contributed by atoms with Crippen LogP contribution in [0.5, 0.6) is 5.75 Å². The fourth-order valence-electron chi connectivity index (χ4n) is 2.54. The SMILES string of the molecule is COc1cccc(/C=N/NC(=O)c2ccccc2NS(=O)(=O)c2ccc(Cl)cc2)c1. The van der Waals surface area contributed by atoms with Gasteiger partial charge >= 0.3 is 0 Å². The van der Waals surface area contributed by atoms with Gasteiger partial charge in [0.1, 0.15) is 5.75 Å². The molecule has 3 rings (SSSR count). The number of ether oxygens (including phenoxy) is 1. The molecule has 0 saturated heterocycles. The zero-order valence-corrected chi connectivity index (χ0v) is 17.4. The van der Waals surface area contributed by atoms with Crippen molar-refractivity contribution < 1.29 is 17.9 Å². The molecule has 0 radical (unpaired) electrons. The number of hydrogen-bond acceptors (Lipinski definition) is 5. The molecule has 0 saturated carbocycles. The third-order valence-electron chi connectivity index (χ3n) is 4.01. The molecule has 0 bridgehead atoms. The molecule has 0 atom stereocenters. The van der Waals surface area contributed by atoms with Crippen LogP contribution >= 0.6 is 11.6 Å². The Labute approximate surface area is 179 Å². The van der Waals surface area contributed by atoms with Crippen molar-refractivity contribution in [1.82, 2.24) is 5.43 Å². The second-order valence-corrected chi connectivity index (χ2v) is 8.20. The number of hydrogen-bond donors (Lipinski definition) is 2. The normalized spacial score (nSPS) is 11.3. The van der Waals surface area contributed by atoms with Crippen LogP contribution < -0.4 is 14.9 Å². The van der Waals surface area contributed by atoms with Gasteiger partial charge in [0, 0.05) is 5.02 Å². The summed E-state index contributed by atoms with van der Waals surface area (Å²) in [5.74, 6) is 0.0933. The van der Waals surface area contributed by atoms with E-state index in [0.29, 0.717) is 10.8 Å². The van der Waals surface area contributed by atoms with Gasteiger partial charge in [-0.1, -0.05) is 35.9 Å². The Bertz CT molecular complexity index is 1180. The van der Waals surface area contributed by atoms with Gasteiger partial charge in [-0.3, -0.25) is 9.52 Å². The van der Waals surface area contributed by atoms with Crippen molar-refractivity contribution in [2.24, 2.45) is 5.10 Å². The quantitative estimate of drug-likeness (QED) is 0.427. The molecule has 1 amide bonds. The standard InChI is InChI=1S/C21H18ClN3O4S/c1-29-17-6-4-5-15(13-17)14-23-24-21(26)19-7-2-3-8-20(19)25-30(27,28)18-11-9-16(22)10-12-18/h2-14,25H,1H3,(H,24,26)/b23-14+.